The standard InChI is InChI=1S/C30H33NO3/c1-4-6-15-23-19-25(21-28(32)26(23)11-5-2)27-20-24(16-17-29(27)34-3)30(33)31-18-10-14-22-12-8-7-9-13-22/h4,6-9,11-13,15-17,19-21,32H,5,10,14,18H2,1-3H3,(H,31,33)/b6-4-,23-15-,26-11-. The number of carbonyl (C=O) groups excluding carboxylic acids is 1. The van der Waals surface area contributed by atoms with E-state index in [-0.39, 0.29) is 11.7 Å². The Morgan fingerprint density at radius 3 is 2.59 bits per heavy atom. The molecule has 0 heterocycles. The quantitative estimate of drug-likeness (QED) is 0.448. The summed E-state index contributed by atoms with van der Waals surface area (Å²) >= 11 is 0. The molecule has 0 aliphatic carbocycles. The van der Waals surface area contributed by atoms with Gasteiger partial charge in [0.05, 0.1) is 7.11 Å². The van der Waals surface area contributed by atoms with Crippen LogP contribution in [-0.4, -0.2) is 24.7 Å². The number of benzene rings is 3. The lowest BCUT2D eigenvalue weighted by atomic mass is 9.99. The van der Waals surface area contributed by atoms with Crippen molar-refractivity contribution in [1.82, 2.24) is 5.32 Å². The first-order valence-electron chi connectivity index (χ1n) is 11.7. The van der Waals surface area contributed by atoms with Gasteiger partial charge < -0.3 is 15.2 Å². The van der Waals surface area contributed by atoms with Gasteiger partial charge in [-0.1, -0.05) is 61.6 Å². The van der Waals surface area contributed by atoms with Crippen molar-refractivity contribution in [3.8, 4) is 22.6 Å². The molecule has 0 aromatic heterocycles. The van der Waals surface area contributed by atoms with Crippen LogP contribution in [0.3, 0.4) is 0 Å². The van der Waals surface area contributed by atoms with Crippen LogP contribution in [0.25, 0.3) is 23.3 Å². The zero-order chi connectivity index (χ0) is 24.3. The Hall–Kier alpha value is -3.79. The average molecular weight is 456 g/mol. The summed E-state index contributed by atoms with van der Waals surface area (Å²) < 4.78 is 5.58. The van der Waals surface area contributed by atoms with Gasteiger partial charge in [0.1, 0.15) is 11.5 Å². The zero-order valence-electron chi connectivity index (χ0n) is 20.2. The van der Waals surface area contributed by atoms with Gasteiger partial charge in [-0.2, -0.15) is 0 Å². The maximum atomic E-state index is 12.8. The first-order chi connectivity index (χ1) is 16.6. The maximum Gasteiger partial charge on any atom is 0.251 e. The molecule has 3 aromatic rings. The van der Waals surface area contributed by atoms with Crippen molar-refractivity contribution in [3.05, 3.63) is 94.4 Å². The number of hydrogen-bond donors (Lipinski definition) is 2. The largest absolute Gasteiger partial charge is 0.507 e. The minimum absolute atomic E-state index is 0.127. The Bertz CT molecular complexity index is 1260. The van der Waals surface area contributed by atoms with Gasteiger partial charge in [-0.05, 0) is 72.9 Å². The molecular weight excluding hydrogens is 422 g/mol. The Labute approximate surface area is 201 Å². The van der Waals surface area contributed by atoms with E-state index in [2.05, 4.69) is 17.4 Å². The Morgan fingerprint density at radius 1 is 1.09 bits per heavy atom. The molecule has 0 aliphatic heterocycles. The molecule has 3 rings (SSSR count). The third kappa shape index (κ3) is 6.38. The van der Waals surface area contributed by atoms with Crippen LogP contribution in [0.15, 0.2) is 72.8 Å². The van der Waals surface area contributed by atoms with Crippen molar-refractivity contribution in [2.75, 3.05) is 13.7 Å². The first kappa shape index (κ1) is 24.8. The summed E-state index contributed by atoms with van der Waals surface area (Å²) in [4.78, 5) is 12.8. The highest BCUT2D eigenvalue weighted by Gasteiger charge is 2.13. The molecule has 176 valence electrons. The molecule has 1 amide bonds. The summed E-state index contributed by atoms with van der Waals surface area (Å²) in [6.45, 7) is 4.59. The lowest BCUT2D eigenvalue weighted by Crippen LogP contribution is -2.25. The van der Waals surface area contributed by atoms with Crippen molar-refractivity contribution in [2.24, 2.45) is 0 Å². The van der Waals surface area contributed by atoms with Crippen molar-refractivity contribution in [3.63, 3.8) is 0 Å². The third-order valence-electron chi connectivity index (χ3n) is 5.61. The van der Waals surface area contributed by atoms with Crippen LogP contribution in [0.2, 0.25) is 0 Å². The number of aryl methyl sites for hydroxylation is 1. The zero-order valence-corrected chi connectivity index (χ0v) is 20.2. The van der Waals surface area contributed by atoms with E-state index < -0.39 is 0 Å². The molecule has 0 aliphatic rings. The van der Waals surface area contributed by atoms with E-state index in [4.69, 9.17) is 4.74 Å². The highest BCUT2D eigenvalue weighted by atomic mass is 16.5. The van der Waals surface area contributed by atoms with Gasteiger partial charge in [-0.15, -0.1) is 0 Å². The van der Waals surface area contributed by atoms with Gasteiger partial charge in [-0.25, -0.2) is 0 Å². The molecule has 0 saturated heterocycles. The Balaban J connectivity index is 1.87. The second kappa shape index (κ2) is 12.4. The summed E-state index contributed by atoms with van der Waals surface area (Å²) in [5.41, 5.74) is 3.36. The van der Waals surface area contributed by atoms with Crippen LogP contribution in [-0.2, 0) is 6.42 Å². The molecule has 0 fully saturated rings. The smallest absolute Gasteiger partial charge is 0.251 e. The van der Waals surface area contributed by atoms with Crippen molar-refractivity contribution in [1.29, 1.82) is 0 Å². The maximum absolute atomic E-state index is 12.8. The highest BCUT2D eigenvalue weighted by molar-refractivity contribution is 5.96. The van der Waals surface area contributed by atoms with E-state index >= 15 is 0 Å². The molecule has 3 aromatic carbocycles. The van der Waals surface area contributed by atoms with Crippen LogP contribution in [0.4, 0.5) is 0 Å². The molecule has 4 nitrogen and oxygen atoms in total. The molecule has 0 radical (unpaired) electrons. The van der Waals surface area contributed by atoms with Crippen molar-refractivity contribution >= 4 is 18.1 Å². The number of aromatic hydroxyl groups is 1. The second-order valence-electron chi connectivity index (χ2n) is 8.06. The predicted molar refractivity (Wildman–Crippen MR) is 140 cm³/mol. The SMILES string of the molecule is C\C=C/C=c1/cc(-c2cc(C(=O)NCCCc3ccccc3)ccc2OC)cc(O)/c1=C\CC. The summed E-state index contributed by atoms with van der Waals surface area (Å²) in [6.07, 6.45) is 10.5. The number of ether oxygens (including phenoxy) is 1. The van der Waals surface area contributed by atoms with Gasteiger partial charge in [-0.3, -0.25) is 4.79 Å². The van der Waals surface area contributed by atoms with Crippen LogP contribution in [0, 0.1) is 0 Å². The molecule has 0 spiro atoms. The molecule has 0 unspecified atom stereocenters. The minimum Gasteiger partial charge on any atom is -0.507 e. The number of phenols is 1. The fourth-order valence-corrected chi connectivity index (χ4v) is 3.90. The van der Waals surface area contributed by atoms with E-state index in [0.29, 0.717) is 17.9 Å². The van der Waals surface area contributed by atoms with Crippen molar-refractivity contribution < 1.29 is 14.6 Å². The highest BCUT2D eigenvalue weighted by Crippen LogP contribution is 2.31. The molecule has 0 bridgehead atoms. The van der Waals surface area contributed by atoms with E-state index in [0.717, 1.165) is 40.8 Å². The van der Waals surface area contributed by atoms with Gasteiger partial charge in [0.2, 0.25) is 0 Å². The van der Waals surface area contributed by atoms with Gasteiger partial charge in [0.15, 0.2) is 0 Å². The fourth-order valence-electron chi connectivity index (χ4n) is 3.90. The topological polar surface area (TPSA) is 58.6 Å². The predicted octanol–water partition coefficient (Wildman–Crippen LogP) is 4.98. The number of phenolic OH excluding ortho intramolecular Hbond substituents is 1. The van der Waals surface area contributed by atoms with E-state index in [1.54, 1.807) is 25.3 Å². The fraction of sp³-hybridized carbons (Fsp3) is 0.233. The molecule has 0 atom stereocenters. The van der Waals surface area contributed by atoms with E-state index in [1.165, 1.54) is 5.56 Å². The summed E-state index contributed by atoms with van der Waals surface area (Å²) in [5, 5.41) is 15.5. The van der Waals surface area contributed by atoms with E-state index in [1.807, 2.05) is 68.5 Å². The third-order valence-corrected chi connectivity index (χ3v) is 5.61. The van der Waals surface area contributed by atoms with Crippen LogP contribution >= 0.6 is 0 Å². The molecule has 34 heavy (non-hydrogen) atoms. The lowest BCUT2D eigenvalue weighted by Gasteiger charge is -2.12. The second-order valence-corrected chi connectivity index (χ2v) is 8.06. The van der Waals surface area contributed by atoms with Crippen LogP contribution in [0.5, 0.6) is 11.5 Å². The lowest BCUT2D eigenvalue weighted by molar-refractivity contribution is 0.0953. The average Bonchev–Trinajstić information content (AvgIpc) is 2.87. The number of nitrogens with one attached hydrogen (secondary N) is 1. The summed E-state index contributed by atoms with van der Waals surface area (Å²) in [5.74, 6) is 0.718. The van der Waals surface area contributed by atoms with Gasteiger partial charge in [0, 0.05) is 22.9 Å². The monoisotopic (exact) mass is 455 g/mol. The van der Waals surface area contributed by atoms with Crippen molar-refractivity contribution in [2.45, 2.75) is 33.1 Å². The van der Waals surface area contributed by atoms with Crippen LogP contribution in [0.1, 0.15) is 42.6 Å². The molecular formula is C30H33NO3. The van der Waals surface area contributed by atoms with E-state index in [9.17, 15) is 9.90 Å². The summed E-state index contributed by atoms with van der Waals surface area (Å²) in [6, 6.07) is 19.4. The molecule has 2 N–H and O–H groups in total. The number of methoxy groups -OCH3 is 1. The number of rotatable bonds is 9. The number of carbonyl (C=O) groups is 1. The van der Waals surface area contributed by atoms with Gasteiger partial charge >= 0.3 is 0 Å². The van der Waals surface area contributed by atoms with Crippen LogP contribution < -0.4 is 20.5 Å². The number of allylic oxidation sites excluding steroid dienone is 2. The summed E-state index contributed by atoms with van der Waals surface area (Å²) in [7, 11) is 1.61. The number of hydrogen-bond acceptors (Lipinski definition) is 3. The number of amides is 1. The van der Waals surface area contributed by atoms with Gasteiger partial charge in [0.25, 0.3) is 5.91 Å². The Morgan fingerprint density at radius 2 is 1.88 bits per heavy atom. The normalized spacial score (nSPS) is 12.3. The first-order valence-corrected chi connectivity index (χ1v) is 11.7. The molecule has 0 saturated carbocycles. The molecule has 4 heteroatoms. The Kier molecular flexibility index (Phi) is 9.10. The minimum atomic E-state index is -0.127.